The molecule has 0 saturated carbocycles. The fourth-order valence-electron chi connectivity index (χ4n) is 1.12. The molecule has 0 unspecified atom stereocenters. The van der Waals surface area contributed by atoms with Gasteiger partial charge >= 0.3 is 0 Å². The van der Waals surface area contributed by atoms with Crippen molar-refractivity contribution in [3.05, 3.63) is 61.7 Å². The molecule has 0 aromatic heterocycles. The molecule has 0 saturated heterocycles. The molecule has 0 heterocycles. The number of para-hydroxylation sites is 2. The van der Waals surface area contributed by atoms with Crippen LogP contribution in [0.4, 0.5) is 0 Å². The van der Waals surface area contributed by atoms with Crippen molar-refractivity contribution in [1.82, 2.24) is 0 Å². The van der Waals surface area contributed by atoms with Crippen LogP contribution in [0.25, 0.3) is 0 Å². The normalized spacial score (nSPS) is 8.26. The van der Waals surface area contributed by atoms with Gasteiger partial charge in [0, 0.05) is 6.07 Å². The highest BCUT2D eigenvalue weighted by Gasteiger charge is 1.94. The zero-order valence-corrected chi connectivity index (χ0v) is 10.8. The van der Waals surface area contributed by atoms with Crippen molar-refractivity contribution in [2.75, 3.05) is 7.11 Å². The van der Waals surface area contributed by atoms with Gasteiger partial charge in [0.2, 0.25) is 0 Å². The molecule has 4 heteroatoms. The van der Waals surface area contributed by atoms with E-state index >= 15 is 0 Å². The highest BCUT2D eigenvalue weighted by molar-refractivity contribution is 5.37. The molecule has 2 aromatic carbocycles. The van der Waals surface area contributed by atoms with Gasteiger partial charge in [0.05, 0.1) is 7.11 Å². The Morgan fingerprint density at radius 2 is 1.37 bits per heavy atom. The van der Waals surface area contributed by atoms with Crippen LogP contribution in [0.15, 0.2) is 61.7 Å². The third-order valence-electron chi connectivity index (χ3n) is 1.91. The molecule has 0 bridgehead atoms. The molecule has 0 aliphatic rings. The molecule has 2 rings (SSSR count). The first-order valence-corrected chi connectivity index (χ1v) is 5.43. The topological polar surface area (TPSA) is 69.9 Å². The van der Waals surface area contributed by atoms with E-state index in [1.54, 1.807) is 30.3 Å². The lowest BCUT2D eigenvalue weighted by Gasteiger charge is -1.99. The van der Waals surface area contributed by atoms with Gasteiger partial charge in [-0.25, -0.2) is 0 Å². The van der Waals surface area contributed by atoms with Gasteiger partial charge in [-0.15, -0.1) is 13.2 Å². The van der Waals surface area contributed by atoms with Crippen LogP contribution in [0.2, 0.25) is 0 Å². The van der Waals surface area contributed by atoms with E-state index in [1.165, 1.54) is 25.3 Å². The molecule has 102 valence electrons. The van der Waals surface area contributed by atoms with Gasteiger partial charge in [-0.05, 0) is 24.3 Å². The fraction of sp³-hybridized carbons (Fsp3) is 0.0667. The molecule has 0 radical (unpaired) electrons. The summed E-state index contributed by atoms with van der Waals surface area (Å²) in [5.41, 5.74) is 0. The Morgan fingerprint density at radius 3 is 1.68 bits per heavy atom. The molecule has 2 aromatic rings. The monoisotopic (exact) mass is 262 g/mol. The smallest absolute Gasteiger partial charge is 0.160 e. The summed E-state index contributed by atoms with van der Waals surface area (Å²) in [5.74, 6) is 0.868. The SMILES string of the molecule is C=C.COc1ccccc1O.Oc1cccc(O)c1. The van der Waals surface area contributed by atoms with Gasteiger partial charge in [0.1, 0.15) is 11.5 Å². The van der Waals surface area contributed by atoms with Crippen LogP contribution in [0, 0.1) is 0 Å². The van der Waals surface area contributed by atoms with E-state index in [9.17, 15) is 0 Å². The maximum Gasteiger partial charge on any atom is 0.160 e. The Bertz CT molecular complexity index is 466. The van der Waals surface area contributed by atoms with Crippen molar-refractivity contribution in [2.45, 2.75) is 0 Å². The highest BCUT2D eigenvalue weighted by atomic mass is 16.5. The third kappa shape index (κ3) is 6.63. The van der Waals surface area contributed by atoms with Gasteiger partial charge in [0.25, 0.3) is 0 Å². The third-order valence-corrected chi connectivity index (χ3v) is 1.91. The van der Waals surface area contributed by atoms with Gasteiger partial charge in [-0.2, -0.15) is 0 Å². The van der Waals surface area contributed by atoms with Crippen LogP contribution < -0.4 is 4.74 Å². The van der Waals surface area contributed by atoms with Gasteiger partial charge in [0.15, 0.2) is 11.5 Å². The van der Waals surface area contributed by atoms with E-state index in [0.29, 0.717) is 5.75 Å². The number of phenolic OH excluding ortho intramolecular Hbond substituents is 3. The first-order valence-electron chi connectivity index (χ1n) is 5.43. The zero-order valence-electron chi connectivity index (χ0n) is 10.8. The van der Waals surface area contributed by atoms with Crippen LogP contribution in [0.1, 0.15) is 0 Å². The number of ether oxygens (including phenoxy) is 1. The maximum atomic E-state index is 8.99. The highest BCUT2D eigenvalue weighted by Crippen LogP contribution is 2.23. The fourth-order valence-corrected chi connectivity index (χ4v) is 1.12. The average Bonchev–Trinajstić information content (AvgIpc) is 2.42. The Morgan fingerprint density at radius 1 is 0.842 bits per heavy atom. The number of benzene rings is 2. The largest absolute Gasteiger partial charge is 0.508 e. The number of aromatic hydroxyl groups is 3. The van der Waals surface area contributed by atoms with E-state index in [0.717, 1.165) is 0 Å². The van der Waals surface area contributed by atoms with Crippen LogP contribution >= 0.6 is 0 Å². The quantitative estimate of drug-likeness (QED) is 0.690. The molecule has 3 N–H and O–H groups in total. The Balaban J connectivity index is 0.000000303. The number of hydrogen-bond donors (Lipinski definition) is 3. The molecule has 0 aliphatic heterocycles. The van der Waals surface area contributed by atoms with Gasteiger partial charge in [-0.1, -0.05) is 18.2 Å². The Labute approximate surface area is 112 Å². The van der Waals surface area contributed by atoms with Crippen LogP contribution in [0.5, 0.6) is 23.0 Å². The second kappa shape index (κ2) is 9.41. The summed E-state index contributed by atoms with van der Waals surface area (Å²) in [6, 6.07) is 12.7. The number of hydrogen-bond acceptors (Lipinski definition) is 4. The minimum atomic E-state index is 0.0880. The maximum absolute atomic E-state index is 8.99. The van der Waals surface area contributed by atoms with E-state index in [1.807, 2.05) is 0 Å². The number of rotatable bonds is 1. The molecule has 0 atom stereocenters. The standard InChI is InChI=1S/C7H8O2.C6H6O2.C2H4/c1-9-7-5-3-2-4-6(7)8;7-5-2-1-3-6(8)4-5;1-2/h2-5,8H,1H3;1-4,7-8H;1-2H2. The second-order valence-electron chi connectivity index (χ2n) is 3.19. The minimum absolute atomic E-state index is 0.0880. The van der Waals surface area contributed by atoms with E-state index in [4.69, 9.17) is 20.1 Å². The molecule has 19 heavy (non-hydrogen) atoms. The molecule has 0 fully saturated rings. The van der Waals surface area contributed by atoms with Crippen molar-refractivity contribution in [3.8, 4) is 23.0 Å². The zero-order chi connectivity index (χ0) is 14.7. The van der Waals surface area contributed by atoms with Gasteiger partial charge < -0.3 is 20.1 Å². The van der Waals surface area contributed by atoms with Crippen molar-refractivity contribution in [2.24, 2.45) is 0 Å². The average molecular weight is 262 g/mol. The molecule has 0 aliphatic carbocycles. The molecule has 0 amide bonds. The van der Waals surface area contributed by atoms with E-state index in [-0.39, 0.29) is 17.2 Å². The predicted molar refractivity (Wildman–Crippen MR) is 75.7 cm³/mol. The molecule has 4 nitrogen and oxygen atoms in total. The summed E-state index contributed by atoms with van der Waals surface area (Å²) >= 11 is 0. The summed E-state index contributed by atoms with van der Waals surface area (Å²) in [6.45, 7) is 6.00. The summed E-state index contributed by atoms with van der Waals surface area (Å²) in [4.78, 5) is 0. The Kier molecular flexibility index (Phi) is 8.12. The van der Waals surface area contributed by atoms with Crippen LogP contribution in [-0.4, -0.2) is 22.4 Å². The summed E-state index contributed by atoms with van der Waals surface area (Å²) < 4.78 is 4.79. The van der Waals surface area contributed by atoms with E-state index < -0.39 is 0 Å². The predicted octanol–water partition coefficient (Wildman–Crippen LogP) is 3.30. The van der Waals surface area contributed by atoms with Crippen LogP contribution in [-0.2, 0) is 0 Å². The molecular weight excluding hydrogens is 244 g/mol. The summed E-state index contributed by atoms with van der Waals surface area (Å²) in [7, 11) is 1.52. The molecular formula is C15H18O4. The summed E-state index contributed by atoms with van der Waals surface area (Å²) in [5, 5.41) is 26.3. The second-order valence-corrected chi connectivity index (χ2v) is 3.19. The lowest BCUT2D eigenvalue weighted by molar-refractivity contribution is 0.373. The van der Waals surface area contributed by atoms with Crippen LogP contribution in [0.3, 0.4) is 0 Å². The minimum Gasteiger partial charge on any atom is -0.508 e. The number of methoxy groups -OCH3 is 1. The first-order chi connectivity index (χ1) is 9.13. The van der Waals surface area contributed by atoms with Crippen molar-refractivity contribution in [3.63, 3.8) is 0 Å². The van der Waals surface area contributed by atoms with Gasteiger partial charge in [-0.3, -0.25) is 0 Å². The van der Waals surface area contributed by atoms with Crippen molar-refractivity contribution < 1.29 is 20.1 Å². The van der Waals surface area contributed by atoms with Crippen molar-refractivity contribution in [1.29, 1.82) is 0 Å². The summed E-state index contributed by atoms with van der Waals surface area (Å²) in [6.07, 6.45) is 0. The lowest BCUT2D eigenvalue weighted by atomic mass is 10.3. The lowest BCUT2D eigenvalue weighted by Crippen LogP contribution is -1.80. The van der Waals surface area contributed by atoms with Crippen molar-refractivity contribution >= 4 is 0 Å². The first kappa shape index (κ1) is 16.4. The Hall–Kier alpha value is -2.62. The number of phenols is 3. The molecule has 0 spiro atoms. The van der Waals surface area contributed by atoms with E-state index in [2.05, 4.69) is 13.2 Å².